The van der Waals surface area contributed by atoms with Crippen molar-refractivity contribution in [2.45, 2.75) is 6.92 Å². The molecule has 0 saturated heterocycles. The van der Waals surface area contributed by atoms with Gasteiger partial charge in [0.25, 0.3) is 0 Å². The second-order valence-corrected chi connectivity index (χ2v) is 3.82. The minimum Gasteiger partial charge on any atom is -0.388 e. The van der Waals surface area contributed by atoms with Crippen molar-refractivity contribution in [2.24, 2.45) is 0 Å². The topological polar surface area (TPSA) is 24.1 Å². The van der Waals surface area contributed by atoms with Crippen molar-refractivity contribution in [1.29, 1.82) is 0 Å². The molecule has 2 nitrogen and oxygen atoms in total. The fraction of sp³-hybridized carbons (Fsp3) is 0.143. The maximum absolute atomic E-state index is 3.37. The first kappa shape index (κ1) is 10.6. The summed E-state index contributed by atoms with van der Waals surface area (Å²) in [5, 5.41) is 6.47. The lowest BCUT2D eigenvalue weighted by atomic mass is 10.2. The highest BCUT2D eigenvalue weighted by Crippen LogP contribution is 2.19. The average molecular weight is 212 g/mol. The van der Waals surface area contributed by atoms with Crippen molar-refractivity contribution >= 4 is 17.1 Å². The largest absolute Gasteiger partial charge is 0.388 e. The van der Waals surface area contributed by atoms with Crippen molar-refractivity contribution in [1.82, 2.24) is 0 Å². The molecule has 0 heterocycles. The molecule has 0 spiro atoms. The molecule has 2 rings (SSSR count). The van der Waals surface area contributed by atoms with Crippen molar-refractivity contribution in [3.05, 3.63) is 54.1 Å². The molecule has 2 aromatic carbocycles. The van der Waals surface area contributed by atoms with Gasteiger partial charge in [0.05, 0.1) is 0 Å². The molecule has 2 N–H and O–H groups in total. The summed E-state index contributed by atoms with van der Waals surface area (Å²) in [7, 11) is 1.92. The maximum Gasteiger partial charge on any atom is 0.0386 e. The Balaban J connectivity index is 2.14. The molecule has 0 fully saturated rings. The minimum absolute atomic E-state index is 1.10. The first-order chi connectivity index (χ1) is 7.78. The standard InChI is InChI=1S/C14H16N2/c1-11-4-3-5-14(10-11)16-13-8-6-12(15-2)7-9-13/h3-10,15-16H,1-2H3. The zero-order chi connectivity index (χ0) is 11.4. The van der Waals surface area contributed by atoms with Gasteiger partial charge < -0.3 is 10.6 Å². The summed E-state index contributed by atoms with van der Waals surface area (Å²) in [6.07, 6.45) is 0. The monoisotopic (exact) mass is 212 g/mol. The van der Waals surface area contributed by atoms with E-state index in [1.165, 1.54) is 5.56 Å². The quantitative estimate of drug-likeness (QED) is 0.809. The van der Waals surface area contributed by atoms with Crippen LogP contribution in [-0.2, 0) is 0 Å². The first-order valence-corrected chi connectivity index (χ1v) is 5.39. The van der Waals surface area contributed by atoms with Gasteiger partial charge in [-0.25, -0.2) is 0 Å². The van der Waals surface area contributed by atoms with Gasteiger partial charge in [0.2, 0.25) is 0 Å². The number of hydrogen-bond donors (Lipinski definition) is 2. The summed E-state index contributed by atoms with van der Waals surface area (Å²) in [4.78, 5) is 0. The molecule has 16 heavy (non-hydrogen) atoms. The normalized spacial score (nSPS) is 9.88. The third kappa shape index (κ3) is 2.54. The van der Waals surface area contributed by atoms with Crippen LogP contribution in [0.5, 0.6) is 0 Å². The molecular formula is C14H16N2. The predicted octanol–water partition coefficient (Wildman–Crippen LogP) is 3.78. The smallest absolute Gasteiger partial charge is 0.0386 e. The number of benzene rings is 2. The fourth-order valence-corrected chi connectivity index (χ4v) is 1.61. The zero-order valence-corrected chi connectivity index (χ0v) is 9.62. The van der Waals surface area contributed by atoms with E-state index in [0.29, 0.717) is 0 Å². The van der Waals surface area contributed by atoms with Crippen LogP contribution in [0.4, 0.5) is 17.1 Å². The van der Waals surface area contributed by atoms with Crippen LogP contribution in [0.15, 0.2) is 48.5 Å². The highest BCUT2D eigenvalue weighted by molar-refractivity contribution is 5.62. The van der Waals surface area contributed by atoms with E-state index in [2.05, 4.69) is 66.1 Å². The van der Waals surface area contributed by atoms with E-state index >= 15 is 0 Å². The van der Waals surface area contributed by atoms with Crippen LogP contribution in [0.25, 0.3) is 0 Å². The Hall–Kier alpha value is -1.96. The third-order valence-electron chi connectivity index (χ3n) is 2.48. The Morgan fingerprint density at radius 1 is 0.812 bits per heavy atom. The van der Waals surface area contributed by atoms with E-state index in [9.17, 15) is 0 Å². The summed E-state index contributed by atoms with van der Waals surface area (Å²) in [5.74, 6) is 0. The van der Waals surface area contributed by atoms with Crippen LogP contribution in [0.1, 0.15) is 5.56 Å². The van der Waals surface area contributed by atoms with Gasteiger partial charge in [-0.15, -0.1) is 0 Å². The molecule has 2 aromatic rings. The highest BCUT2D eigenvalue weighted by Gasteiger charge is 1.95. The molecule has 0 atom stereocenters. The molecular weight excluding hydrogens is 196 g/mol. The summed E-state index contributed by atoms with van der Waals surface area (Å²) in [6, 6.07) is 16.6. The zero-order valence-electron chi connectivity index (χ0n) is 9.62. The Morgan fingerprint density at radius 3 is 2.12 bits per heavy atom. The lowest BCUT2D eigenvalue weighted by Gasteiger charge is -2.08. The number of rotatable bonds is 3. The molecule has 0 aliphatic rings. The third-order valence-corrected chi connectivity index (χ3v) is 2.48. The van der Waals surface area contributed by atoms with Crippen molar-refractivity contribution in [2.75, 3.05) is 17.7 Å². The van der Waals surface area contributed by atoms with Gasteiger partial charge in [0.1, 0.15) is 0 Å². The molecule has 0 amide bonds. The first-order valence-electron chi connectivity index (χ1n) is 5.39. The minimum atomic E-state index is 1.10. The second kappa shape index (κ2) is 4.71. The fourth-order valence-electron chi connectivity index (χ4n) is 1.61. The van der Waals surface area contributed by atoms with Crippen LogP contribution in [0.2, 0.25) is 0 Å². The van der Waals surface area contributed by atoms with E-state index in [4.69, 9.17) is 0 Å². The van der Waals surface area contributed by atoms with E-state index in [0.717, 1.165) is 17.1 Å². The average Bonchev–Trinajstić information content (AvgIpc) is 2.30. The van der Waals surface area contributed by atoms with Gasteiger partial charge >= 0.3 is 0 Å². The van der Waals surface area contributed by atoms with Gasteiger partial charge in [0.15, 0.2) is 0 Å². The van der Waals surface area contributed by atoms with Crippen LogP contribution in [-0.4, -0.2) is 7.05 Å². The number of aryl methyl sites for hydroxylation is 1. The van der Waals surface area contributed by atoms with Gasteiger partial charge in [-0.1, -0.05) is 12.1 Å². The predicted molar refractivity (Wildman–Crippen MR) is 70.5 cm³/mol. The number of nitrogens with one attached hydrogen (secondary N) is 2. The van der Waals surface area contributed by atoms with Crippen molar-refractivity contribution in [3.8, 4) is 0 Å². The summed E-state index contributed by atoms with van der Waals surface area (Å²) < 4.78 is 0. The van der Waals surface area contributed by atoms with E-state index in [1.54, 1.807) is 0 Å². The van der Waals surface area contributed by atoms with Crippen molar-refractivity contribution in [3.63, 3.8) is 0 Å². The van der Waals surface area contributed by atoms with Crippen LogP contribution in [0, 0.1) is 6.92 Å². The Labute approximate surface area is 96.3 Å². The molecule has 0 aromatic heterocycles. The van der Waals surface area contributed by atoms with Crippen LogP contribution < -0.4 is 10.6 Å². The number of anilines is 3. The van der Waals surface area contributed by atoms with E-state index < -0.39 is 0 Å². The van der Waals surface area contributed by atoms with Crippen molar-refractivity contribution < 1.29 is 0 Å². The Morgan fingerprint density at radius 2 is 1.50 bits per heavy atom. The second-order valence-electron chi connectivity index (χ2n) is 3.82. The molecule has 2 heteroatoms. The van der Waals surface area contributed by atoms with Gasteiger partial charge in [0, 0.05) is 24.1 Å². The summed E-state index contributed by atoms with van der Waals surface area (Å²) in [5.41, 5.74) is 4.61. The lowest BCUT2D eigenvalue weighted by molar-refractivity contribution is 1.44. The molecule has 0 aliphatic heterocycles. The highest BCUT2D eigenvalue weighted by atomic mass is 14.9. The molecule has 0 aliphatic carbocycles. The van der Waals surface area contributed by atoms with Gasteiger partial charge in [-0.05, 0) is 48.9 Å². The molecule has 0 saturated carbocycles. The lowest BCUT2D eigenvalue weighted by Crippen LogP contribution is -1.92. The van der Waals surface area contributed by atoms with Gasteiger partial charge in [-0.2, -0.15) is 0 Å². The Bertz CT molecular complexity index is 460. The van der Waals surface area contributed by atoms with Gasteiger partial charge in [-0.3, -0.25) is 0 Å². The summed E-state index contributed by atoms with van der Waals surface area (Å²) in [6.45, 7) is 2.09. The Kier molecular flexibility index (Phi) is 3.10. The van der Waals surface area contributed by atoms with Crippen LogP contribution in [0.3, 0.4) is 0 Å². The number of hydrogen-bond acceptors (Lipinski definition) is 2. The van der Waals surface area contributed by atoms with E-state index in [-0.39, 0.29) is 0 Å². The molecule has 82 valence electrons. The summed E-state index contributed by atoms with van der Waals surface area (Å²) >= 11 is 0. The van der Waals surface area contributed by atoms with E-state index in [1.807, 2.05) is 7.05 Å². The maximum atomic E-state index is 3.37. The molecule has 0 radical (unpaired) electrons. The van der Waals surface area contributed by atoms with Crippen LogP contribution >= 0.6 is 0 Å². The molecule has 0 unspecified atom stereocenters. The SMILES string of the molecule is CNc1ccc(Nc2cccc(C)c2)cc1. The molecule has 0 bridgehead atoms.